The number of carbonyl (C=O) groups is 2. The molecule has 3 heterocycles. The van der Waals surface area contributed by atoms with Crippen LogP contribution in [0.4, 0.5) is 32.4 Å². The highest BCUT2D eigenvalue weighted by Gasteiger charge is 2.44. The van der Waals surface area contributed by atoms with E-state index in [9.17, 15) is 31.5 Å². The van der Waals surface area contributed by atoms with Gasteiger partial charge in [-0.2, -0.15) is 18.3 Å². The van der Waals surface area contributed by atoms with Crippen molar-refractivity contribution in [3.63, 3.8) is 0 Å². The minimum atomic E-state index is -5.32. The van der Waals surface area contributed by atoms with Gasteiger partial charge in [-0.25, -0.2) is 32.9 Å². The number of esters is 1. The summed E-state index contributed by atoms with van der Waals surface area (Å²) in [5.41, 5.74) is 1.72. The maximum atomic E-state index is 13.9. The van der Waals surface area contributed by atoms with E-state index in [1.54, 1.807) is 41.2 Å². The summed E-state index contributed by atoms with van der Waals surface area (Å²) in [6, 6.07) is 9.91. The number of carbonyl (C=O) groups excluding carboxylic acids is 2. The quantitative estimate of drug-likeness (QED) is 0.218. The standard InChI is InChI=1S/C26H15F5N6O3/c27-17-10-16(11-18(28)12-17)21-13-23(40-24(38)26(29,30)31)35-37(21)25(39)34-19-4-1-3-15(9-19)6-7-20-14-32-22-5-2-8-33-36(20)22/h1-5,8-12,14,21H,13H2,(H,34,39)/t21-/m0/s1. The van der Waals surface area contributed by atoms with Gasteiger partial charge in [0, 0.05) is 23.5 Å². The molecule has 0 aliphatic carbocycles. The van der Waals surface area contributed by atoms with Crippen molar-refractivity contribution in [1.29, 1.82) is 0 Å². The van der Waals surface area contributed by atoms with Gasteiger partial charge in [-0.3, -0.25) is 0 Å². The molecule has 0 radical (unpaired) electrons. The molecule has 0 fully saturated rings. The molecule has 0 bridgehead atoms. The van der Waals surface area contributed by atoms with Crippen molar-refractivity contribution >= 4 is 29.2 Å². The second-order valence-electron chi connectivity index (χ2n) is 8.35. The van der Waals surface area contributed by atoms with E-state index in [0.717, 1.165) is 12.1 Å². The molecule has 1 atom stereocenters. The number of halogens is 5. The van der Waals surface area contributed by atoms with Crippen molar-refractivity contribution in [2.24, 2.45) is 5.10 Å². The Labute approximate surface area is 221 Å². The monoisotopic (exact) mass is 554 g/mol. The Morgan fingerprint density at radius 1 is 1.02 bits per heavy atom. The van der Waals surface area contributed by atoms with Crippen LogP contribution < -0.4 is 5.32 Å². The summed E-state index contributed by atoms with van der Waals surface area (Å²) in [6.45, 7) is 0. The van der Waals surface area contributed by atoms with Gasteiger partial charge >= 0.3 is 18.2 Å². The van der Waals surface area contributed by atoms with Gasteiger partial charge in [-0.15, -0.1) is 5.10 Å². The molecule has 0 spiro atoms. The average molecular weight is 554 g/mol. The Kier molecular flexibility index (Phi) is 6.87. The second kappa shape index (κ2) is 10.4. The highest BCUT2D eigenvalue weighted by atomic mass is 19.4. The number of fused-ring (bicyclic) bond motifs is 1. The molecule has 0 saturated carbocycles. The third kappa shape index (κ3) is 5.73. The lowest BCUT2D eigenvalue weighted by molar-refractivity contribution is -0.191. The van der Waals surface area contributed by atoms with Crippen LogP contribution in [0.15, 0.2) is 72.1 Å². The van der Waals surface area contributed by atoms with Gasteiger partial charge in [0.2, 0.25) is 5.90 Å². The van der Waals surface area contributed by atoms with Gasteiger partial charge in [-0.1, -0.05) is 12.0 Å². The third-order valence-electron chi connectivity index (χ3n) is 5.53. The maximum Gasteiger partial charge on any atom is 0.491 e. The van der Waals surface area contributed by atoms with Gasteiger partial charge in [0.1, 0.15) is 17.3 Å². The van der Waals surface area contributed by atoms with Crippen LogP contribution in [0.25, 0.3) is 5.65 Å². The molecule has 1 aliphatic heterocycles. The number of rotatable bonds is 2. The van der Waals surface area contributed by atoms with Crippen LogP contribution in [0.1, 0.15) is 29.3 Å². The molecular weight excluding hydrogens is 539 g/mol. The van der Waals surface area contributed by atoms with E-state index in [2.05, 4.69) is 37.1 Å². The average Bonchev–Trinajstić information content (AvgIpc) is 3.51. The zero-order valence-electron chi connectivity index (χ0n) is 20.0. The summed E-state index contributed by atoms with van der Waals surface area (Å²) in [6.07, 6.45) is -2.74. The molecule has 5 rings (SSSR count). The number of ether oxygens (including phenoxy) is 1. The second-order valence-corrected chi connectivity index (χ2v) is 8.35. The molecule has 2 amide bonds. The van der Waals surface area contributed by atoms with Gasteiger partial charge in [0.25, 0.3) is 0 Å². The zero-order valence-corrected chi connectivity index (χ0v) is 20.0. The van der Waals surface area contributed by atoms with Gasteiger partial charge in [0.15, 0.2) is 5.65 Å². The number of hydrazone groups is 1. The van der Waals surface area contributed by atoms with Gasteiger partial charge in [-0.05, 0) is 53.9 Å². The lowest BCUT2D eigenvalue weighted by Crippen LogP contribution is -2.31. The molecular formula is C26H15F5N6O3. The predicted molar refractivity (Wildman–Crippen MR) is 130 cm³/mol. The summed E-state index contributed by atoms with van der Waals surface area (Å²) in [5.74, 6) is 0.575. The summed E-state index contributed by atoms with van der Waals surface area (Å²) in [7, 11) is 0. The van der Waals surface area contributed by atoms with E-state index in [1.165, 1.54) is 12.1 Å². The highest BCUT2D eigenvalue weighted by molar-refractivity contribution is 5.96. The van der Waals surface area contributed by atoms with Crippen LogP contribution in [-0.4, -0.2) is 43.7 Å². The molecule has 2 aromatic heterocycles. The van der Waals surface area contributed by atoms with E-state index < -0.39 is 48.2 Å². The Balaban J connectivity index is 1.39. The molecule has 14 heteroatoms. The summed E-state index contributed by atoms with van der Waals surface area (Å²) < 4.78 is 71.7. The fraction of sp³-hybridized carbons (Fsp3) is 0.115. The van der Waals surface area contributed by atoms with Crippen molar-refractivity contribution in [3.8, 4) is 11.8 Å². The number of imidazole rings is 1. The van der Waals surface area contributed by atoms with Crippen LogP contribution in [0.3, 0.4) is 0 Å². The number of alkyl halides is 3. The molecule has 0 unspecified atom stereocenters. The smallest absolute Gasteiger partial charge is 0.403 e. The summed E-state index contributed by atoms with van der Waals surface area (Å²) in [4.78, 5) is 28.6. The molecule has 9 nitrogen and oxygen atoms in total. The normalized spacial score (nSPS) is 14.9. The Morgan fingerprint density at radius 2 is 1.80 bits per heavy atom. The summed E-state index contributed by atoms with van der Waals surface area (Å²) in [5, 5.41) is 11.0. The summed E-state index contributed by atoms with van der Waals surface area (Å²) >= 11 is 0. The fourth-order valence-corrected chi connectivity index (χ4v) is 3.83. The largest absolute Gasteiger partial charge is 0.491 e. The molecule has 2 aromatic carbocycles. The van der Waals surface area contributed by atoms with E-state index in [0.29, 0.717) is 28.0 Å². The Morgan fingerprint density at radius 3 is 2.55 bits per heavy atom. The van der Waals surface area contributed by atoms with Crippen molar-refractivity contribution < 1.29 is 36.3 Å². The SMILES string of the molecule is O=C(Nc1cccc(C#Cc2cnc3cccnn23)c1)N1N=C(OC(=O)C(F)(F)F)C[C@H]1c1cc(F)cc(F)c1. The number of anilines is 1. The number of amides is 2. The molecule has 1 N–H and O–H groups in total. The topological polar surface area (TPSA) is 101 Å². The minimum absolute atomic E-state index is 0.115. The lowest BCUT2D eigenvalue weighted by Gasteiger charge is -2.22. The van der Waals surface area contributed by atoms with E-state index in [4.69, 9.17) is 0 Å². The van der Waals surface area contributed by atoms with Crippen LogP contribution in [0.2, 0.25) is 0 Å². The highest BCUT2D eigenvalue weighted by Crippen LogP contribution is 2.33. The van der Waals surface area contributed by atoms with Crippen LogP contribution in [-0.2, 0) is 9.53 Å². The molecule has 1 aliphatic rings. The van der Waals surface area contributed by atoms with Gasteiger partial charge in [0.05, 0.1) is 18.7 Å². The maximum absolute atomic E-state index is 13.9. The number of aromatic nitrogens is 3. The van der Waals surface area contributed by atoms with Crippen molar-refractivity contribution in [1.82, 2.24) is 19.6 Å². The predicted octanol–water partition coefficient (Wildman–Crippen LogP) is 4.81. The number of nitrogens with one attached hydrogen (secondary N) is 1. The number of hydrogen-bond acceptors (Lipinski definition) is 6. The Hall–Kier alpha value is -5.32. The minimum Gasteiger partial charge on any atom is -0.403 e. The van der Waals surface area contributed by atoms with E-state index >= 15 is 0 Å². The first-order valence-corrected chi connectivity index (χ1v) is 11.4. The first kappa shape index (κ1) is 26.3. The Bertz CT molecular complexity index is 1700. The van der Waals surface area contributed by atoms with Gasteiger partial charge < -0.3 is 10.1 Å². The first-order valence-electron chi connectivity index (χ1n) is 11.4. The van der Waals surface area contributed by atoms with Crippen LogP contribution >= 0.6 is 0 Å². The first-order chi connectivity index (χ1) is 19.1. The van der Waals surface area contributed by atoms with Crippen LogP contribution in [0, 0.1) is 23.5 Å². The molecule has 40 heavy (non-hydrogen) atoms. The third-order valence-corrected chi connectivity index (χ3v) is 5.53. The number of nitrogens with zero attached hydrogens (tertiary/aromatic N) is 5. The zero-order chi connectivity index (χ0) is 28.4. The van der Waals surface area contributed by atoms with Crippen molar-refractivity contribution in [2.75, 3.05) is 5.32 Å². The van der Waals surface area contributed by atoms with Crippen LogP contribution in [0.5, 0.6) is 0 Å². The lowest BCUT2D eigenvalue weighted by atomic mass is 10.0. The van der Waals surface area contributed by atoms with E-state index in [-0.39, 0.29) is 11.3 Å². The van der Waals surface area contributed by atoms with Crippen molar-refractivity contribution in [2.45, 2.75) is 18.6 Å². The fourth-order valence-electron chi connectivity index (χ4n) is 3.83. The number of benzene rings is 2. The van der Waals surface area contributed by atoms with Crippen molar-refractivity contribution in [3.05, 3.63) is 95.4 Å². The van der Waals surface area contributed by atoms with E-state index in [1.807, 2.05) is 0 Å². The number of hydrogen-bond donors (Lipinski definition) is 1. The number of urea groups is 1. The molecule has 202 valence electrons. The molecule has 4 aromatic rings. The molecule has 0 saturated heterocycles.